The number of nitrogens with one attached hydrogen (secondary N) is 1. The first-order chi connectivity index (χ1) is 7.97. The second-order valence-electron chi connectivity index (χ2n) is 6.04. The summed E-state index contributed by atoms with van der Waals surface area (Å²) in [6, 6.07) is 0. The molecule has 1 aromatic rings. The fraction of sp³-hybridized carbons (Fsp3) is 0.769. The van der Waals surface area contributed by atoms with Crippen LogP contribution in [0.5, 0.6) is 0 Å². The van der Waals surface area contributed by atoms with E-state index in [4.69, 9.17) is 12.2 Å². The minimum absolute atomic E-state index is 0.358. The molecule has 0 saturated heterocycles. The van der Waals surface area contributed by atoms with Crippen LogP contribution in [0.1, 0.15) is 50.8 Å². The molecule has 1 N–H and O–H groups in total. The molecule has 1 aromatic heterocycles. The lowest BCUT2D eigenvalue weighted by Gasteiger charge is -2.46. The quantitative estimate of drug-likeness (QED) is 0.658. The smallest absolute Gasteiger partial charge is 0.159 e. The van der Waals surface area contributed by atoms with Crippen molar-refractivity contribution in [2.75, 3.05) is 0 Å². The van der Waals surface area contributed by atoms with Crippen molar-refractivity contribution in [3.05, 3.63) is 8.83 Å². The molecule has 0 bridgehead atoms. The second kappa shape index (κ2) is 4.10. The van der Waals surface area contributed by atoms with Gasteiger partial charge in [-0.25, -0.2) is 0 Å². The normalized spacial score (nSPS) is 35.1. The van der Waals surface area contributed by atoms with Gasteiger partial charge in [-0.15, -0.1) is 23.1 Å². The van der Waals surface area contributed by atoms with Crippen molar-refractivity contribution in [3.8, 4) is 0 Å². The maximum atomic E-state index is 5.33. The van der Waals surface area contributed by atoms with Gasteiger partial charge in [-0.3, -0.25) is 0 Å². The zero-order valence-electron chi connectivity index (χ0n) is 10.6. The second-order valence-corrected chi connectivity index (χ2v) is 9.43. The summed E-state index contributed by atoms with van der Waals surface area (Å²) in [5, 5.41) is 1.36. The molecule has 1 nitrogen and oxygen atoms in total. The molecule has 2 aliphatic rings. The Morgan fingerprint density at radius 1 is 1.35 bits per heavy atom. The molecule has 1 saturated carbocycles. The molecule has 0 spiro atoms. The Hall–Kier alpha value is 0.200. The summed E-state index contributed by atoms with van der Waals surface area (Å²) in [4.78, 5) is 4.95. The maximum absolute atomic E-state index is 5.33. The number of aromatic nitrogens is 1. The highest BCUT2D eigenvalue weighted by molar-refractivity contribution is 8.00. The minimum Gasteiger partial charge on any atom is -0.332 e. The van der Waals surface area contributed by atoms with E-state index in [1.165, 1.54) is 24.3 Å². The number of thioether (sulfide) groups is 1. The Morgan fingerprint density at radius 2 is 2.12 bits per heavy atom. The summed E-state index contributed by atoms with van der Waals surface area (Å²) in [6.07, 6.45) is 4.14. The Kier molecular flexibility index (Phi) is 2.96. The fourth-order valence-electron chi connectivity index (χ4n) is 3.49. The van der Waals surface area contributed by atoms with Crippen LogP contribution in [0.3, 0.4) is 0 Å². The van der Waals surface area contributed by atoms with E-state index >= 15 is 0 Å². The first-order valence-corrected chi connectivity index (χ1v) is 8.43. The molecular formula is C13H19NS3. The van der Waals surface area contributed by atoms with Crippen LogP contribution >= 0.6 is 35.3 Å². The van der Waals surface area contributed by atoms with Crippen LogP contribution in [0, 0.1) is 15.8 Å². The van der Waals surface area contributed by atoms with Gasteiger partial charge in [-0.1, -0.05) is 27.2 Å². The van der Waals surface area contributed by atoms with Crippen LogP contribution in [0.15, 0.2) is 5.03 Å². The van der Waals surface area contributed by atoms with Gasteiger partial charge in [-0.2, -0.15) is 0 Å². The number of hydrogen-bond acceptors (Lipinski definition) is 3. The van der Waals surface area contributed by atoms with Gasteiger partial charge in [0.25, 0.3) is 0 Å². The van der Waals surface area contributed by atoms with Crippen molar-refractivity contribution < 1.29 is 0 Å². The van der Waals surface area contributed by atoms with Crippen molar-refractivity contribution in [3.63, 3.8) is 0 Å². The highest BCUT2D eigenvalue weighted by Crippen LogP contribution is 2.58. The van der Waals surface area contributed by atoms with Crippen LogP contribution in [-0.4, -0.2) is 9.73 Å². The van der Waals surface area contributed by atoms with E-state index in [9.17, 15) is 0 Å². The van der Waals surface area contributed by atoms with Gasteiger partial charge in [0.15, 0.2) is 3.95 Å². The number of H-pyrrole nitrogens is 1. The number of fused-ring (bicyclic) bond motifs is 3. The van der Waals surface area contributed by atoms with Crippen molar-refractivity contribution in [2.24, 2.45) is 11.8 Å². The van der Waals surface area contributed by atoms with Crippen molar-refractivity contribution in [1.82, 2.24) is 4.98 Å². The van der Waals surface area contributed by atoms with Crippen LogP contribution in [0.4, 0.5) is 0 Å². The number of aromatic amines is 1. The Balaban J connectivity index is 2.07. The number of hydrogen-bond donors (Lipinski definition) is 1. The first kappa shape index (κ1) is 12.2. The molecule has 17 heavy (non-hydrogen) atoms. The molecule has 94 valence electrons. The van der Waals surface area contributed by atoms with Crippen LogP contribution in [0.2, 0.25) is 0 Å². The van der Waals surface area contributed by atoms with Gasteiger partial charge in [0.05, 0.1) is 5.03 Å². The summed E-state index contributed by atoms with van der Waals surface area (Å²) in [6.45, 7) is 7.21. The summed E-state index contributed by atoms with van der Waals surface area (Å²) < 4.78 is 1.31. The van der Waals surface area contributed by atoms with Crippen molar-refractivity contribution >= 4 is 35.3 Å². The molecule has 1 aliphatic carbocycles. The maximum Gasteiger partial charge on any atom is 0.159 e. The van der Waals surface area contributed by atoms with E-state index in [0.717, 1.165) is 21.7 Å². The molecular weight excluding hydrogens is 266 g/mol. The molecule has 3 atom stereocenters. The minimum atomic E-state index is 0.358. The molecule has 0 unspecified atom stereocenters. The largest absolute Gasteiger partial charge is 0.332 e. The van der Waals surface area contributed by atoms with E-state index in [1.54, 1.807) is 4.88 Å². The molecule has 4 heteroatoms. The number of rotatable bonds is 0. The van der Waals surface area contributed by atoms with Gasteiger partial charge in [0.1, 0.15) is 0 Å². The molecule has 0 amide bonds. The van der Waals surface area contributed by atoms with E-state index in [1.807, 2.05) is 23.1 Å². The zero-order valence-corrected chi connectivity index (χ0v) is 13.0. The fourth-order valence-corrected chi connectivity index (χ4v) is 6.51. The Labute approximate surface area is 116 Å². The van der Waals surface area contributed by atoms with Gasteiger partial charge in [-0.05, 0) is 36.9 Å². The van der Waals surface area contributed by atoms with Gasteiger partial charge in [0, 0.05) is 15.5 Å². The van der Waals surface area contributed by atoms with Crippen LogP contribution in [0.25, 0.3) is 0 Å². The Morgan fingerprint density at radius 3 is 2.88 bits per heavy atom. The third-order valence-corrected chi connectivity index (χ3v) is 7.20. The SMILES string of the molecule is C[C@@H]1CC[C@H]2[C@@H](C1)c1sc(=S)[nH]c1SC2(C)C. The zero-order chi connectivity index (χ0) is 12.2. The molecule has 3 rings (SSSR count). The molecule has 1 fully saturated rings. The Bertz CT molecular complexity index is 485. The topological polar surface area (TPSA) is 15.8 Å². The van der Waals surface area contributed by atoms with Crippen molar-refractivity contribution in [1.29, 1.82) is 0 Å². The third kappa shape index (κ3) is 2.02. The van der Waals surface area contributed by atoms with Crippen LogP contribution in [-0.2, 0) is 0 Å². The summed E-state index contributed by atoms with van der Waals surface area (Å²) in [5.74, 6) is 2.46. The molecule has 2 heterocycles. The molecule has 1 aliphatic heterocycles. The highest BCUT2D eigenvalue weighted by atomic mass is 32.2. The standard InChI is InChI=1S/C13H19NS3/c1-7-4-5-9-8(6-7)10-11(14-12(15)16-10)17-13(9,2)3/h7-9H,4-6H2,1-3H3,(H,14,15)/t7-,8-,9+/m1/s1. The van der Waals surface area contributed by atoms with E-state index in [-0.39, 0.29) is 0 Å². The number of thiazole rings is 1. The average Bonchev–Trinajstić information content (AvgIpc) is 2.57. The summed E-state index contributed by atoms with van der Waals surface area (Å²) in [5.41, 5.74) is 0. The van der Waals surface area contributed by atoms with Crippen molar-refractivity contribution in [2.45, 2.75) is 55.7 Å². The van der Waals surface area contributed by atoms with E-state index in [0.29, 0.717) is 4.75 Å². The van der Waals surface area contributed by atoms with Gasteiger partial charge >= 0.3 is 0 Å². The summed E-state index contributed by atoms with van der Waals surface area (Å²) in [7, 11) is 0. The lowest BCUT2D eigenvalue weighted by molar-refractivity contribution is 0.210. The average molecular weight is 286 g/mol. The van der Waals surface area contributed by atoms with Gasteiger partial charge < -0.3 is 4.98 Å². The van der Waals surface area contributed by atoms with E-state index < -0.39 is 0 Å². The monoisotopic (exact) mass is 285 g/mol. The first-order valence-electron chi connectivity index (χ1n) is 6.39. The lowest BCUT2D eigenvalue weighted by Crippen LogP contribution is -2.39. The van der Waals surface area contributed by atoms with E-state index in [2.05, 4.69) is 25.8 Å². The predicted molar refractivity (Wildman–Crippen MR) is 78.7 cm³/mol. The summed E-state index contributed by atoms with van der Waals surface area (Å²) >= 11 is 9.16. The highest BCUT2D eigenvalue weighted by Gasteiger charge is 2.45. The predicted octanol–water partition coefficient (Wildman–Crippen LogP) is 5.21. The molecule has 0 radical (unpaired) electrons. The lowest BCUT2D eigenvalue weighted by atomic mass is 9.69. The third-order valence-electron chi connectivity index (χ3n) is 4.35. The van der Waals surface area contributed by atoms with Crippen LogP contribution < -0.4 is 0 Å². The molecule has 0 aromatic carbocycles. The van der Waals surface area contributed by atoms with Gasteiger partial charge in [0.2, 0.25) is 0 Å².